The summed E-state index contributed by atoms with van der Waals surface area (Å²) in [6.07, 6.45) is -0.194. The first kappa shape index (κ1) is 21.8. The van der Waals surface area contributed by atoms with Crippen LogP contribution in [-0.2, 0) is 19.0 Å². The number of alkyl halides is 3. The van der Waals surface area contributed by atoms with Crippen molar-refractivity contribution >= 4 is 11.7 Å². The Balaban J connectivity index is 1.40. The molecule has 0 spiro atoms. The zero-order chi connectivity index (χ0) is 22.7. The van der Waals surface area contributed by atoms with E-state index >= 15 is 0 Å². The average Bonchev–Trinajstić information content (AvgIpc) is 3.17. The molecule has 0 unspecified atom stereocenters. The number of carbonyl (C=O) groups is 1. The van der Waals surface area contributed by atoms with Gasteiger partial charge >= 0.3 is 6.18 Å². The molecule has 1 aliphatic carbocycles. The maximum Gasteiger partial charge on any atom is 0.417 e. The maximum absolute atomic E-state index is 13.3. The van der Waals surface area contributed by atoms with E-state index in [9.17, 15) is 22.4 Å². The van der Waals surface area contributed by atoms with E-state index in [0.29, 0.717) is 11.4 Å². The number of pyridine rings is 1. The molecule has 0 radical (unpaired) electrons. The Bertz CT molecular complexity index is 1090. The zero-order valence-corrected chi connectivity index (χ0v) is 17.0. The topological polar surface area (TPSA) is 71.8 Å². The number of hydrogen-bond donors (Lipinski definition) is 2. The predicted molar refractivity (Wildman–Crippen MR) is 110 cm³/mol. The molecular weight excluding hydrogens is 426 g/mol. The van der Waals surface area contributed by atoms with Crippen LogP contribution in [0.3, 0.4) is 0 Å². The van der Waals surface area contributed by atoms with E-state index in [1.165, 1.54) is 18.2 Å². The second kappa shape index (κ2) is 8.97. The van der Waals surface area contributed by atoms with Crippen LogP contribution in [-0.4, -0.2) is 33.8 Å². The molecule has 0 saturated heterocycles. The minimum atomic E-state index is -4.43. The van der Waals surface area contributed by atoms with Crippen molar-refractivity contribution in [1.29, 1.82) is 0 Å². The predicted octanol–water partition coefficient (Wildman–Crippen LogP) is 4.15. The van der Waals surface area contributed by atoms with E-state index in [0.717, 1.165) is 49.2 Å². The molecule has 3 aromatic rings. The minimum Gasteiger partial charge on any atom is -0.368 e. The highest BCUT2D eigenvalue weighted by Gasteiger charge is 2.30. The number of hydrogen-bond acceptors (Lipinski definition) is 4. The number of benzene rings is 1. The summed E-state index contributed by atoms with van der Waals surface area (Å²) < 4.78 is 52.8. The van der Waals surface area contributed by atoms with E-state index in [1.807, 2.05) is 0 Å². The summed E-state index contributed by atoms with van der Waals surface area (Å²) in [7, 11) is 0. The number of fused-ring (bicyclic) bond motifs is 1. The van der Waals surface area contributed by atoms with Crippen LogP contribution in [0.15, 0.2) is 42.6 Å². The summed E-state index contributed by atoms with van der Waals surface area (Å²) in [5.74, 6) is -0.390. The molecule has 1 aromatic carbocycles. The Morgan fingerprint density at radius 1 is 1.03 bits per heavy atom. The van der Waals surface area contributed by atoms with E-state index in [2.05, 4.69) is 20.7 Å². The Kier molecular flexibility index (Phi) is 6.11. The highest BCUT2D eigenvalue weighted by atomic mass is 19.4. The third-order valence-corrected chi connectivity index (χ3v) is 5.27. The van der Waals surface area contributed by atoms with Crippen molar-refractivity contribution < 1.29 is 22.4 Å². The van der Waals surface area contributed by atoms with E-state index in [1.54, 1.807) is 16.8 Å². The first-order valence-electron chi connectivity index (χ1n) is 10.2. The van der Waals surface area contributed by atoms with Crippen molar-refractivity contribution in [2.45, 2.75) is 31.9 Å². The van der Waals surface area contributed by atoms with Gasteiger partial charge in [-0.3, -0.25) is 4.79 Å². The first-order chi connectivity index (χ1) is 15.3. The quantitative estimate of drug-likeness (QED) is 0.440. The number of nitrogens with zero attached hydrogens (tertiary/aromatic N) is 3. The number of carbonyl (C=O) groups excluding carboxylic acids is 1. The normalized spacial score (nSPS) is 13.5. The van der Waals surface area contributed by atoms with E-state index < -0.39 is 11.7 Å². The lowest BCUT2D eigenvalue weighted by atomic mass is 9.95. The van der Waals surface area contributed by atoms with Crippen LogP contribution in [0.5, 0.6) is 0 Å². The van der Waals surface area contributed by atoms with Crippen LogP contribution in [0.2, 0.25) is 0 Å². The Hall–Kier alpha value is -3.43. The molecule has 1 aliphatic rings. The SMILES string of the molecule is O=C(NCCNc1ccc(C(F)(F)F)cn1)c1nn(-c2ccc(F)cc2)c2c1CCCC2. The van der Waals surface area contributed by atoms with E-state index in [-0.39, 0.29) is 30.6 Å². The van der Waals surface area contributed by atoms with Crippen molar-refractivity contribution in [2.24, 2.45) is 0 Å². The molecule has 2 heterocycles. The number of aromatic nitrogens is 3. The van der Waals surface area contributed by atoms with Crippen LogP contribution in [0.4, 0.5) is 23.4 Å². The van der Waals surface area contributed by atoms with Gasteiger partial charge in [0.2, 0.25) is 0 Å². The van der Waals surface area contributed by atoms with Crippen molar-refractivity contribution in [1.82, 2.24) is 20.1 Å². The van der Waals surface area contributed by atoms with Gasteiger partial charge in [0.25, 0.3) is 5.91 Å². The molecule has 1 amide bonds. The second-order valence-electron chi connectivity index (χ2n) is 7.48. The smallest absolute Gasteiger partial charge is 0.368 e. The third-order valence-electron chi connectivity index (χ3n) is 5.27. The molecule has 2 aromatic heterocycles. The van der Waals surface area contributed by atoms with Gasteiger partial charge in [0.1, 0.15) is 11.6 Å². The lowest BCUT2D eigenvalue weighted by molar-refractivity contribution is -0.137. The lowest BCUT2D eigenvalue weighted by Gasteiger charge is -2.14. The Morgan fingerprint density at radius 3 is 2.47 bits per heavy atom. The minimum absolute atomic E-state index is 0.236. The molecule has 0 saturated carbocycles. The summed E-state index contributed by atoms with van der Waals surface area (Å²) in [4.78, 5) is 16.5. The molecule has 2 N–H and O–H groups in total. The Morgan fingerprint density at radius 2 is 1.78 bits per heavy atom. The van der Waals surface area contributed by atoms with Gasteiger partial charge in [0.15, 0.2) is 5.69 Å². The Labute approximate surface area is 181 Å². The lowest BCUT2D eigenvalue weighted by Crippen LogP contribution is -2.30. The van der Waals surface area contributed by atoms with E-state index in [4.69, 9.17) is 0 Å². The fraction of sp³-hybridized carbons (Fsp3) is 0.318. The number of anilines is 1. The van der Waals surface area contributed by atoms with Crippen LogP contribution in [0.1, 0.15) is 40.2 Å². The molecule has 0 atom stereocenters. The summed E-state index contributed by atoms with van der Waals surface area (Å²) in [5, 5.41) is 10.2. The number of amides is 1. The summed E-state index contributed by atoms with van der Waals surface area (Å²) in [6.45, 7) is 0.519. The van der Waals surface area contributed by atoms with Crippen LogP contribution < -0.4 is 10.6 Å². The summed E-state index contributed by atoms with van der Waals surface area (Å²) in [6, 6.07) is 8.15. The van der Waals surface area contributed by atoms with Crippen molar-refractivity contribution in [3.05, 3.63) is 70.9 Å². The molecular formula is C22H21F4N5O. The molecule has 4 rings (SSSR count). The molecule has 0 fully saturated rings. The van der Waals surface area contributed by atoms with Gasteiger partial charge in [-0.05, 0) is 62.1 Å². The van der Waals surface area contributed by atoms with Crippen molar-refractivity contribution in [2.75, 3.05) is 18.4 Å². The molecule has 168 valence electrons. The van der Waals surface area contributed by atoms with Crippen LogP contribution in [0.25, 0.3) is 5.69 Å². The second-order valence-corrected chi connectivity index (χ2v) is 7.48. The summed E-state index contributed by atoms with van der Waals surface area (Å²) in [5.41, 5.74) is 2.07. The van der Waals surface area contributed by atoms with Crippen molar-refractivity contribution in [3.63, 3.8) is 0 Å². The maximum atomic E-state index is 13.3. The van der Waals surface area contributed by atoms with Gasteiger partial charge in [-0.25, -0.2) is 14.1 Å². The highest BCUT2D eigenvalue weighted by molar-refractivity contribution is 5.94. The molecule has 32 heavy (non-hydrogen) atoms. The van der Waals surface area contributed by atoms with Gasteiger partial charge in [0, 0.05) is 30.5 Å². The fourth-order valence-electron chi connectivity index (χ4n) is 3.69. The zero-order valence-electron chi connectivity index (χ0n) is 17.0. The van der Waals surface area contributed by atoms with Gasteiger partial charge in [-0.2, -0.15) is 18.3 Å². The third kappa shape index (κ3) is 4.74. The monoisotopic (exact) mass is 447 g/mol. The fourth-order valence-corrected chi connectivity index (χ4v) is 3.69. The number of halogens is 4. The summed E-state index contributed by atoms with van der Waals surface area (Å²) >= 11 is 0. The van der Waals surface area contributed by atoms with Gasteiger partial charge in [-0.1, -0.05) is 0 Å². The number of rotatable bonds is 6. The molecule has 10 heteroatoms. The first-order valence-corrected chi connectivity index (χ1v) is 10.2. The number of nitrogens with one attached hydrogen (secondary N) is 2. The van der Waals surface area contributed by atoms with Gasteiger partial charge < -0.3 is 10.6 Å². The largest absolute Gasteiger partial charge is 0.417 e. The molecule has 0 aliphatic heterocycles. The van der Waals surface area contributed by atoms with Crippen LogP contribution >= 0.6 is 0 Å². The standard InChI is InChI=1S/C22H21F4N5O/c23-15-6-8-16(9-7-15)31-18-4-2-1-3-17(18)20(30-31)21(32)28-12-11-27-19-10-5-14(13-29-19)22(24,25)26/h5-10,13H,1-4,11-12H2,(H,27,29)(H,28,32). The highest BCUT2D eigenvalue weighted by Crippen LogP contribution is 2.29. The van der Waals surface area contributed by atoms with Gasteiger partial charge in [0.05, 0.1) is 11.3 Å². The van der Waals surface area contributed by atoms with Crippen molar-refractivity contribution in [3.8, 4) is 5.69 Å². The molecule has 0 bridgehead atoms. The average molecular weight is 447 g/mol. The van der Waals surface area contributed by atoms with Gasteiger partial charge in [-0.15, -0.1) is 0 Å². The molecule has 6 nitrogen and oxygen atoms in total. The van der Waals surface area contributed by atoms with Crippen LogP contribution in [0, 0.1) is 5.82 Å².